The molecular formula is C31H34O2. The van der Waals surface area contributed by atoms with Crippen LogP contribution in [0.15, 0.2) is 91.0 Å². The van der Waals surface area contributed by atoms with Gasteiger partial charge >= 0.3 is 0 Å². The fourth-order valence-electron chi connectivity index (χ4n) is 7.74. The van der Waals surface area contributed by atoms with E-state index >= 15 is 0 Å². The average Bonchev–Trinajstić information content (AvgIpc) is 2.85. The predicted molar refractivity (Wildman–Crippen MR) is 132 cm³/mol. The third-order valence-corrected chi connectivity index (χ3v) is 8.79. The molecule has 2 heteroatoms. The summed E-state index contributed by atoms with van der Waals surface area (Å²) in [6.45, 7) is 0.352. The first-order valence-corrected chi connectivity index (χ1v) is 12.7. The van der Waals surface area contributed by atoms with Crippen molar-refractivity contribution < 1.29 is 9.84 Å². The van der Waals surface area contributed by atoms with Gasteiger partial charge in [0.2, 0.25) is 0 Å². The second kappa shape index (κ2) is 8.42. The number of rotatable bonds is 7. The summed E-state index contributed by atoms with van der Waals surface area (Å²) in [6, 6.07) is 31.5. The fraction of sp³-hybridized carbons (Fsp3) is 0.419. The van der Waals surface area contributed by atoms with Crippen LogP contribution in [0, 0.1) is 23.2 Å². The Morgan fingerprint density at radius 3 is 1.39 bits per heavy atom. The van der Waals surface area contributed by atoms with Crippen molar-refractivity contribution in [3.05, 3.63) is 108 Å². The summed E-state index contributed by atoms with van der Waals surface area (Å²) in [7, 11) is 0. The zero-order chi connectivity index (χ0) is 22.3. The smallest absolute Gasteiger partial charge is 0.143 e. The van der Waals surface area contributed by atoms with E-state index in [-0.39, 0.29) is 5.41 Å². The van der Waals surface area contributed by atoms with Gasteiger partial charge < -0.3 is 9.84 Å². The van der Waals surface area contributed by atoms with E-state index in [0.717, 1.165) is 34.4 Å². The Hall–Kier alpha value is -2.42. The van der Waals surface area contributed by atoms with Gasteiger partial charge in [-0.25, -0.2) is 0 Å². The largest absolute Gasteiger partial charge is 0.390 e. The third kappa shape index (κ3) is 3.64. The maximum absolute atomic E-state index is 11.7. The third-order valence-electron chi connectivity index (χ3n) is 8.79. The number of hydrogen-bond donors (Lipinski definition) is 1. The first-order chi connectivity index (χ1) is 16.2. The van der Waals surface area contributed by atoms with Gasteiger partial charge in [-0.1, -0.05) is 91.0 Å². The lowest BCUT2D eigenvalue weighted by molar-refractivity contribution is -0.152. The highest BCUT2D eigenvalue weighted by Crippen LogP contribution is 2.61. The molecule has 0 radical (unpaired) electrons. The van der Waals surface area contributed by atoms with Gasteiger partial charge in [0.05, 0.1) is 12.7 Å². The molecule has 4 saturated carbocycles. The molecule has 4 aliphatic rings. The topological polar surface area (TPSA) is 29.5 Å². The highest BCUT2D eigenvalue weighted by atomic mass is 16.5. The Morgan fingerprint density at radius 2 is 1.03 bits per heavy atom. The molecule has 2 nitrogen and oxygen atoms in total. The molecule has 0 unspecified atom stereocenters. The minimum atomic E-state index is -0.757. The van der Waals surface area contributed by atoms with Crippen molar-refractivity contribution in [2.24, 2.45) is 23.2 Å². The summed E-state index contributed by atoms with van der Waals surface area (Å²) in [5.41, 5.74) is 2.58. The van der Waals surface area contributed by atoms with Crippen molar-refractivity contribution in [3.8, 4) is 0 Å². The van der Waals surface area contributed by atoms with Crippen molar-refractivity contribution in [3.63, 3.8) is 0 Å². The molecule has 7 rings (SSSR count). The molecule has 0 aliphatic heterocycles. The summed E-state index contributed by atoms with van der Waals surface area (Å²) in [5.74, 6) is 2.44. The Labute approximate surface area is 197 Å². The van der Waals surface area contributed by atoms with E-state index in [1.807, 2.05) is 0 Å². The first kappa shape index (κ1) is 21.1. The van der Waals surface area contributed by atoms with Crippen LogP contribution in [0.3, 0.4) is 0 Å². The Morgan fingerprint density at radius 1 is 0.667 bits per heavy atom. The van der Waals surface area contributed by atoms with E-state index in [1.54, 1.807) is 0 Å². The molecule has 4 fully saturated rings. The molecule has 4 aliphatic carbocycles. The minimum absolute atomic E-state index is 0.0462. The SMILES string of the molecule is O[C@H](COC(c1ccccc1)(c1ccccc1)c1ccccc1)C12CC3CC(CC(C3)C1)C2. The maximum atomic E-state index is 11.7. The van der Waals surface area contributed by atoms with Crippen LogP contribution in [-0.2, 0) is 10.3 Å². The molecular weight excluding hydrogens is 404 g/mol. The van der Waals surface area contributed by atoms with E-state index in [4.69, 9.17) is 4.74 Å². The highest BCUT2D eigenvalue weighted by molar-refractivity contribution is 5.47. The van der Waals surface area contributed by atoms with Crippen LogP contribution in [0.25, 0.3) is 0 Å². The monoisotopic (exact) mass is 438 g/mol. The lowest BCUT2D eigenvalue weighted by atomic mass is 9.48. The van der Waals surface area contributed by atoms with Gasteiger partial charge in [0.25, 0.3) is 0 Å². The van der Waals surface area contributed by atoms with Gasteiger partial charge in [0.15, 0.2) is 0 Å². The number of aliphatic hydroxyl groups is 1. The zero-order valence-corrected chi connectivity index (χ0v) is 19.3. The molecule has 0 heterocycles. The van der Waals surface area contributed by atoms with E-state index in [2.05, 4.69) is 91.0 Å². The normalized spacial score (nSPS) is 29.2. The van der Waals surface area contributed by atoms with Gasteiger partial charge in [0.1, 0.15) is 5.60 Å². The summed E-state index contributed by atoms with van der Waals surface area (Å²) in [4.78, 5) is 0. The van der Waals surface area contributed by atoms with Gasteiger partial charge in [-0.2, -0.15) is 0 Å². The molecule has 1 atom stereocenters. The van der Waals surface area contributed by atoms with Gasteiger partial charge in [-0.3, -0.25) is 0 Å². The van der Waals surface area contributed by atoms with Crippen molar-refractivity contribution in [2.45, 2.75) is 50.2 Å². The van der Waals surface area contributed by atoms with Crippen molar-refractivity contribution in [1.82, 2.24) is 0 Å². The van der Waals surface area contributed by atoms with E-state index in [1.165, 1.54) is 38.5 Å². The Balaban J connectivity index is 1.39. The van der Waals surface area contributed by atoms with Crippen LogP contribution in [0.1, 0.15) is 55.2 Å². The predicted octanol–water partition coefficient (Wildman–Crippen LogP) is 6.57. The van der Waals surface area contributed by atoms with Crippen LogP contribution >= 0.6 is 0 Å². The lowest BCUT2D eigenvalue weighted by Crippen LogP contribution is -2.53. The van der Waals surface area contributed by atoms with E-state index in [0.29, 0.717) is 6.61 Å². The van der Waals surface area contributed by atoms with Crippen LogP contribution < -0.4 is 0 Å². The second-order valence-corrected chi connectivity index (χ2v) is 10.9. The van der Waals surface area contributed by atoms with Gasteiger partial charge in [-0.05, 0) is 78.4 Å². The molecule has 0 aromatic heterocycles. The van der Waals surface area contributed by atoms with Crippen LogP contribution in [0.2, 0.25) is 0 Å². The number of hydrogen-bond acceptors (Lipinski definition) is 2. The van der Waals surface area contributed by atoms with Gasteiger partial charge in [0, 0.05) is 0 Å². The summed E-state index contributed by atoms with van der Waals surface area (Å²) in [5, 5.41) is 11.7. The highest BCUT2D eigenvalue weighted by Gasteiger charge is 2.54. The molecule has 1 N–H and O–H groups in total. The zero-order valence-electron chi connectivity index (χ0n) is 19.3. The molecule has 33 heavy (non-hydrogen) atoms. The number of benzene rings is 3. The minimum Gasteiger partial charge on any atom is -0.390 e. The van der Waals surface area contributed by atoms with Crippen LogP contribution in [0.5, 0.6) is 0 Å². The molecule has 0 spiro atoms. The maximum Gasteiger partial charge on any atom is 0.143 e. The Bertz CT molecular complexity index is 928. The molecule has 0 amide bonds. The summed E-state index contributed by atoms with van der Waals surface area (Å²) < 4.78 is 6.99. The van der Waals surface area contributed by atoms with Crippen molar-refractivity contribution in [1.29, 1.82) is 0 Å². The molecule has 3 aromatic carbocycles. The lowest BCUT2D eigenvalue weighted by Gasteiger charge is -2.58. The molecule has 3 aromatic rings. The van der Waals surface area contributed by atoms with E-state index in [9.17, 15) is 5.11 Å². The Kier molecular flexibility index (Phi) is 5.39. The van der Waals surface area contributed by atoms with Crippen LogP contribution in [0.4, 0.5) is 0 Å². The van der Waals surface area contributed by atoms with Crippen LogP contribution in [-0.4, -0.2) is 17.8 Å². The number of ether oxygens (including phenoxy) is 1. The second-order valence-electron chi connectivity index (χ2n) is 10.9. The standard InChI is InChI=1S/C31H34O2/c32-29(30-19-23-16-24(20-30)18-25(17-23)21-30)22-33-31(26-10-4-1-5-11-26,27-12-6-2-7-13-27)28-14-8-3-9-15-28/h1-15,23-25,29,32H,16-22H2/t23?,24?,25?,29-,30?/m1/s1. The molecule has 170 valence electrons. The van der Waals surface area contributed by atoms with Crippen molar-refractivity contribution >= 4 is 0 Å². The summed E-state index contributed by atoms with van der Waals surface area (Å²) >= 11 is 0. The summed E-state index contributed by atoms with van der Waals surface area (Å²) in [6.07, 6.45) is 7.26. The average molecular weight is 439 g/mol. The molecule has 4 bridgehead atoms. The molecule has 0 saturated heterocycles. The number of aliphatic hydroxyl groups excluding tert-OH is 1. The van der Waals surface area contributed by atoms with E-state index < -0.39 is 11.7 Å². The fourth-order valence-corrected chi connectivity index (χ4v) is 7.74. The first-order valence-electron chi connectivity index (χ1n) is 12.7. The van der Waals surface area contributed by atoms with Gasteiger partial charge in [-0.15, -0.1) is 0 Å². The quantitative estimate of drug-likeness (QED) is 0.423. The van der Waals surface area contributed by atoms with Crippen molar-refractivity contribution in [2.75, 3.05) is 6.61 Å².